The van der Waals surface area contributed by atoms with Crippen LogP contribution < -0.4 is 0 Å². The number of aliphatic hydroxyl groups is 1. The van der Waals surface area contributed by atoms with Crippen LogP contribution in [0.2, 0.25) is 0 Å². The zero-order valence-electron chi connectivity index (χ0n) is 8.48. The van der Waals surface area contributed by atoms with Gasteiger partial charge in [-0.2, -0.15) is 0 Å². The lowest BCUT2D eigenvalue weighted by molar-refractivity contribution is 0.0667. The highest BCUT2D eigenvalue weighted by molar-refractivity contribution is 5.14. The molecule has 0 aromatic heterocycles. The van der Waals surface area contributed by atoms with Crippen molar-refractivity contribution in [3.05, 3.63) is 17.9 Å². The molecule has 0 aliphatic rings. The second-order valence-corrected chi connectivity index (χ2v) is 3.14. The van der Waals surface area contributed by atoms with Crippen molar-refractivity contribution in [3.8, 4) is 0 Å². The first-order chi connectivity index (χ1) is 5.64. The average Bonchev–Trinajstić information content (AvgIpc) is 2.13. The maximum Gasteiger partial charge on any atom is 0.0924 e. The minimum atomic E-state index is -0.655. The molecule has 0 heterocycles. The van der Waals surface area contributed by atoms with Crippen LogP contribution in [0.5, 0.6) is 0 Å². The Morgan fingerprint density at radius 1 is 1.33 bits per heavy atom. The van der Waals surface area contributed by atoms with Gasteiger partial charge in [0.15, 0.2) is 0 Å². The fraction of sp³-hybridized carbons (Fsp3) is 0.727. The van der Waals surface area contributed by atoms with Crippen LogP contribution in [0.25, 0.3) is 0 Å². The quantitative estimate of drug-likeness (QED) is 0.625. The van der Waals surface area contributed by atoms with Crippen molar-refractivity contribution >= 4 is 0 Å². The van der Waals surface area contributed by atoms with Crippen LogP contribution in [-0.4, -0.2) is 10.7 Å². The van der Waals surface area contributed by atoms with Crippen molar-refractivity contribution in [2.45, 2.75) is 52.1 Å². The van der Waals surface area contributed by atoms with Crippen LogP contribution in [0.4, 0.5) is 0 Å². The first kappa shape index (κ1) is 11.5. The summed E-state index contributed by atoms with van der Waals surface area (Å²) in [6.07, 6.45) is 3.45. The molecular weight excluding hydrogens is 148 g/mol. The maximum atomic E-state index is 10.1. The predicted molar refractivity (Wildman–Crippen MR) is 53.1 cm³/mol. The van der Waals surface area contributed by atoms with Crippen LogP contribution in [0.3, 0.4) is 0 Å². The molecule has 0 spiro atoms. The van der Waals surface area contributed by atoms with Gasteiger partial charge in [0, 0.05) is 5.57 Å². The lowest BCUT2D eigenvalue weighted by Crippen LogP contribution is -2.28. The monoisotopic (exact) mass is 168 g/mol. The highest BCUT2D eigenvalue weighted by Gasteiger charge is 2.26. The molecule has 0 unspecified atom stereocenters. The zero-order chi connectivity index (χ0) is 9.61. The van der Waals surface area contributed by atoms with Gasteiger partial charge in [-0.1, -0.05) is 33.8 Å². The van der Waals surface area contributed by atoms with E-state index in [1.165, 1.54) is 0 Å². The van der Waals surface area contributed by atoms with E-state index >= 15 is 0 Å². The molecule has 1 heteroatoms. The van der Waals surface area contributed by atoms with Crippen molar-refractivity contribution in [3.63, 3.8) is 0 Å². The van der Waals surface area contributed by atoms with Gasteiger partial charge in [0.05, 0.1) is 5.60 Å². The van der Waals surface area contributed by atoms with Gasteiger partial charge in [0.25, 0.3) is 0 Å². The first-order valence-electron chi connectivity index (χ1n) is 4.76. The third-order valence-electron chi connectivity index (χ3n) is 2.44. The molecule has 0 radical (unpaired) electrons. The molecule has 0 saturated heterocycles. The van der Waals surface area contributed by atoms with Crippen molar-refractivity contribution in [1.29, 1.82) is 0 Å². The molecule has 1 nitrogen and oxygen atoms in total. The summed E-state index contributed by atoms with van der Waals surface area (Å²) in [4.78, 5) is 0. The van der Waals surface area contributed by atoms with E-state index in [2.05, 4.69) is 19.2 Å². The minimum absolute atomic E-state index is 0.655. The molecule has 0 rings (SSSR count). The van der Waals surface area contributed by atoms with Crippen LogP contribution in [-0.2, 0) is 0 Å². The van der Waals surface area contributed by atoms with Gasteiger partial charge in [-0.15, -0.1) is 5.73 Å². The molecule has 0 aliphatic carbocycles. The van der Waals surface area contributed by atoms with Crippen molar-refractivity contribution < 1.29 is 5.11 Å². The Hall–Kier alpha value is -0.520. The summed E-state index contributed by atoms with van der Waals surface area (Å²) in [7, 11) is 0. The second-order valence-electron chi connectivity index (χ2n) is 3.14. The van der Waals surface area contributed by atoms with Gasteiger partial charge in [0.1, 0.15) is 0 Å². The van der Waals surface area contributed by atoms with Crippen molar-refractivity contribution in [2.75, 3.05) is 0 Å². The molecule has 70 valence electrons. The Morgan fingerprint density at radius 3 is 2.08 bits per heavy atom. The standard InChI is InChI=1S/C11H20O/c1-5-9-10(6-2)11(12,7-3)8-4/h12H,2,5,7-9H2,1,3-4H3. The van der Waals surface area contributed by atoms with E-state index in [4.69, 9.17) is 0 Å². The van der Waals surface area contributed by atoms with Crippen LogP contribution in [0, 0.1) is 0 Å². The SMILES string of the molecule is C=C=C(CCC)C(O)(CC)CC. The summed E-state index contributed by atoms with van der Waals surface area (Å²) < 4.78 is 0. The van der Waals surface area contributed by atoms with Gasteiger partial charge in [0.2, 0.25) is 0 Å². The molecule has 1 N–H and O–H groups in total. The van der Waals surface area contributed by atoms with Crippen molar-refractivity contribution in [2.24, 2.45) is 0 Å². The predicted octanol–water partition coefficient (Wildman–Crippen LogP) is 3.05. The zero-order valence-corrected chi connectivity index (χ0v) is 8.48. The summed E-state index contributed by atoms with van der Waals surface area (Å²) in [6, 6.07) is 0. The Kier molecular flexibility index (Phi) is 4.96. The van der Waals surface area contributed by atoms with E-state index in [1.807, 2.05) is 13.8 Å². The lowest BCUT2D eigenvalue weighted by Gasteiger charge is -2.26. The maximum absolute atomic E-state index is 10.1. The topological polar surface area (TPSA) is 20.2 Å². The van der Waals surface area contributed by atoms with Crippen molar-refractivity contribution in [1.82, 2.24) is 0 Å². The highest BCUT2D eigenvalue weighted by Crippen LogP contribution is 2.26. The molecule has 0 aromatic carbocycles. The smallest absolute Gasteiger partial charge is 0.0924 e. The summed E-state index contributed by atoms with van der Waals surface area (Å²) in [6.45, 7) is 9.71. The molecule has 0 fully saturated rings. The Morgan fingerprint density at radius 2 is 1.83 bits per heavy atom. The fourth-order valence-electron chi connectivity index (χ4n) is 1.41. The summed E-state index contributed by atoms with van der Waals surface area (Å²) in [5.41, 5.74) is 3.17. The van der Waals surface area contributed by atoms with Gasteiger partial charge in [-0.25, -0.2) is 0 Å². The van der Waals surface area contributed by atoms with Crippen LogP contribution >= 0.6 is 0 Å². The number of hydrogen-bond donors (Lipinski definition) is 1. The van der Waals surface area contributed by atoms with Crippen LogP contribution in [0.15, 0.2) is 17.9 Å². The molecule has 0 saturated carbocycles. The molecule has 0 amide bonds. The van der Waals surface area contributed by atoms with Gasteiger partial charge < -0.3 is 5.11 Å². The largest absolute Gasteiger partial charge is 0.385 e. The fourth-order valence-corrected chi connectivity index (χ4v) is 1.41. The van der Waals surface area contributed by atoms with Gasteiger partial charge in [-0.05, 0) is 19.3 Å². The molecule has 12 heavy (non-hydrogen) atoms. The van der Waals surface area contributed by atoms with Crippen LogP contribution in [0.1, 0.15) is 46.5 Å². The molecular formula is C11H20O. The molecule has 0 atom stereocenters. The Bertz CT molecular complexity index is 171. The highest BCUT2D eigenvalue weighted by atomic mass is 16.3. The third-order valence-corrected chi connectivity index (χ3v) is 2.44. The molecule has 0 aliphatic heterocycles. The van der Waals surface area contributed by atoms with E-state index in [1.54, 1.807) is 0 Å². The molecule has 0 bridgehead atoms. The van der Waals surface area contributed by atoms with E-state index < -0.39 is 5.60 Å². The average molecular weight is 168 g/mol. The lowest BCUT2D eigenvalue weighted by atomic mass is 9.86. The summed E-state index contributed by atoms with van der Waals surface area (Å²) >= 11 is 0. The first-order valence-corrected chi connectivity index (χ1v) is 4.76. The van der Waals surface area contributed by atoms with E-state index in [9.17, 15) is 5.11 Å². The molecule has 0 aromatic rings. The number of hydrogen-bond acceptors (Lipinski definition) is 1. The number of rotatable bonds is 5. The van der Waals surface area contributed by atoms with Gasteiger partial charge in [-0.3, -0.25) is 0 Å². The van der Waals surface area contributed by atoms with E-state index in [0.29, 0.717) is 0 Å². The summed E-state index contributed by atoms with van der Waals surface area (Å²) in [5.74, 6) is 0. The minimum Gasteiger partial charge on any atom is -0.385 e. The third kappa shape index (κ3) is 2.51. The van der Waals surface area contributed by atoms with Gasteiger partial charge >= 0.3 is 0 Å². The second kappa shape index (κ2) is 5.18. The normalized spacial score (nSPS) is 11.0. The van der Waals surface area contributed by atoms with E-state index in [0.717, 1.165) is 31.3 Å². The Labute approximate surface area is 75.8 Å². The van der Waals surface area contributed by atoms with E-state index in [-0.39, 0.29) is 0 Å². The Balaban J connectivity index is 4.57. The summed E-state index contributed by atoms with van der Waals surface area (Å²) in [5, 5.41) is 10.1.